The average Bonchev–Trinajstić information content (AvgIpc) is 2.94. The van der Waals surface area contributed by atoms with Crippen LogP contribution in [-0.4, -0.2) is 29.4 Å². The molecule has 0 radical (unpaired) electrons. The van der Waals surface area contributed by atoms with Gasteiger partial charge in [-0.05, 0) is 69.1 Å². The van der Waals surface area contributed by atoms with E-state index < -0.39 is 11.5 Å². The van der Waals surface area contributed by atoms with E-state index in [1.54, 1.807) is 18.2 Å². The minimum atomic E-state index is -2.86. The van der Waals surface area contributed by atoms with E-state index in [0.717, 1.165) is 42.6 Å². The minimum absolute atomic E-state index is 0.0721. The van der Waals surface area contributed by atoms with Crippen molar-refractivity contribution < 1.29 is 23.1 Å². The summed E-state index contributed by atoms with van der Waals surface area (Å²) >= 11 is 0. The van der Waals surface area contributed by atoms with Crippen molar-refractivity contribution in [3.05, 3.63) is 64.7 Å². The fourth-order valence-corrected chi connectivity index (χ4v) is 6.46. The lowest BCUT2D eigenvalue weighted by molar-refractivity contribution is -0.123. The number of ether oxygens (including phenoxy) is 1. The van der Waals surface area contributed by atoms with Crippen LogP contribution < -0.4 is 21.1 Å². The molecule has 5 rings (SSSR count). The highest BCUT2D eigenvalue weighted by molar-refractivity contribution is 5.98. The maximum atomic E-state index is 14.7. The first-order valence-corrected chi connectivity index (χ1v) is 15.7. The molecule has 0 bridgehead atoms. The van der Waals surface area contributed by atoms with E-state index in [4.69, 9.17) is 10.5 Å². The number of carbonyl (C=O) groups is 2. The van der Waals surface area contributed by atoms with Gasteiger partial charge in [0.25, 0.3) is 5.92 Å². The van der Waals surface area contributed by atoms with Crippen LogP contribution in [0.4, 0.5) is 8.78 Å². The third-order valence-corrected chi connectivity index (χ3v) is 8.37. The molecule has 2 heterocycles. The lowest BCUT2D eigenvalue weighted by atomic mass is 9.79. The van der Waals surface area contributed by atoms with E-state index in [1.807, 2.05) is 33.8 Å². The van der Waals surface area contributed by atoms with Gasteiger partial charge in [-0.25, -0.2) is 13.8 Å². The van der Waals surface area contributed by atoms with Gasteiger partial charge in [0.05, 0.1) is 12.1 Å². The van der Waals surface area contributed by atoms with Gasteiger partial charge in [0.2, 0.25) is 11.8 Å². The summed E-state index contributed by atoms with van der Waals surface area (Å²) in [6, 6.07) is 12.6. The molecule has 3 atom stereocenters. The van der Waals surface area contributed by atoms with Gasteiger partial charge in [0, 0.05) is 36.8 Å². The highest BCUT2D eigenvalue weighted by atomic mass is 19.3. The van der Waals surface area contributed by atoms with E-state index in [2.05, 4.69) is 27.8 Å². The molecular weight excluding hydrogens is 550 g/mol. The second-order valence-corrected chi connectivity index (χ2v) is 12.4. The number of hydrogen-bond acceptors (Lipinski definition) is 5. The Morgan fingerprint density at radius 1 is 1.09 bits per heavy atom. The molecule has 43 heavy (non-hydrogen) atoms. The first-order valence-electron chi connectivity index (χ1n) is 15.7. The topological polar surface area (TPSA) is 106 Å². The highest BCUT2D eigenvalue weighted by Gasteiger charge is 2.41. The Kier molecular flexibility index (Phi) is 10.5. The number of amides is 2. The van der Waals surface area contributed by atoms with E-state index >= 15 is 0 Å². The maximum absolute atomic E-state index is 14.7. The monoisotopic (exact) mass is 596 g/mol. The van der Waals surface area contributed by atoms with E-state index in [0.29, 0.717) is 31.2 Å². The zero-order valence-corrected chi connectivity index (χ0v) is 25.8. The number of fused-ring (bicyclic) bond motifs is 2. The molecule has 0 saturated carbocycles. The third kappa shape index (κ3) is 8.54. The van der Waals surface area contributed by atoms with Crippen LogP contribution in [0.1, 0.15) is 107 Å². The fraction of sp³-hybridized carbons (Fsp3) is 0.559. The number of aliphatic imine (C=N–C) groups is 1. The second kappa shape index (κ2) is 13.9. The Bertz CT molecular complexity index is 1330. The summed E-state index contributed by atoms with van der Waals surface area (Å²) in [7, 11) is 0. The summed E-state index contributed by atoms with van der Waals surface area (Å²) in [5.41, 5.74) is 8.14. The number of rotatable bonds is 9. The Balaban J connectivity index is 0.00000207. The molecule has 2 aromatic carbocycles. The van der Waals surface area contributed by atoms with Gasteiger partial charge in [0.1, 0.15) is 11.4 Å². The molecule has 4 N–H and O–H groups in total. The normalized spacial score (nSPS) is 23.3. The Morgan fingerprint density at radius 2 is 1.86 bits per heavy atom. The van der Waals surface area contributed by atoms with Gasteiger partial charge in [-0.15, -0.1) is 0 Å². The molecule has 2 aromatic rings. The Morgan fingerprint density at radius 3 is 2.63 bits per heavy atom. The maximum Gasteiger partial charge on any atom is 0.273 e. The molecule has 0 spiro atoms. The van der Waals surface area contributed by atoms with Gasteiger partial charge in [0.15, 0.2) is 5.96 Å². The predicted octanol–water partition coefficient (Wildman–Crippen LogP) is 6.48. The molecule has 2 amide bonds. The van der Waals surface area contributed by atoms with E-state index in [1.165, 1.54) is 6.07 Å². The molecular formula is C34H46F2N4O3. The van der Waals surface area contributed by atoms with Crippen LogP contribution in [0.2, 0.25) is 0 Å². The molecule has 7 nitrogen and oxygen atoms in total. The van der Waals surface area contributed by atoms with Crippen LogP contribution in [0.25, 0.3) is 0 Å². The molecule has 1 aliphatic carbocycles. The molecule has 0 fully saturated rings. The standard InChI is InChI=1S/C32H40F2N4O3.C2H6/c1-31(2)19-26(37-28(39)14-12-21-15-22-8-4-6-10-25(22)32(33,34)18-21)24-16-20(11-13-27(24)41-31)7-3-5-9-23-17-29(40)38-30(35)36-23;1-2/h4,6,8,10-11,13,16,21,23,26H,3,5,7,9,12,14-15,17-19H2,1-2H3,(H,37,39)(H3,35,36,38,40);1-2H3. The van der Waals surface area contributed by atoms with Crippen LogP contribution >= 0.6 is 0 Å². The molecule has 9 heteroatoms. The summed E-state index contributed by atoms with van der Waals surface area (Å²) in [6.07, 6.45) is 5.48. The van der Waals surface area contributed by atoms with Crippen LogP contribution in [0.3, 0.4) is 0 Å². The van der Waals surface area contributed by atoms with Crippen molar-refractivity contribution in [1.29, 1.82) is 0 Å². The first-order chi connectivity index (χ1) is 20.5. The number of nitrogens with one attached hydrogen (secondary N) is 2. The number of nitrogens with zero attached hydrogens (tertiary/aromatic N) is 1. The lowest BCUT2D eigenvalue weighted by Crippen LogP contribution is -2.43. The number of carbonyl (C=O) groups excluding carboxylic acids is 2. The van der Waals surface area contributed by atoms with Crippen molar-refractivity contribution in [3.63, 3.8) is 0 Å². The number of nitrogens with two attached hydrogens (primary N) is 1. The third-order valence-electron chi connectivity index (χ3n) is 8.37. The first kappa shape index (κ1) is 32.4. The van der Waals surface area contributed by atoms with Crippen LogP contribution in [-0.2, 0) is 28.4 Å². The number of aryl methyl sites for hydroxylation is 1. The molecule has 3 aliphatic rings. The quantitative estimate of drug-likeness (QED) is 0.288. The molecule has 3 unspecified atom stereocenters. The average molecular weight is 597 g/mol. The number of benzene rings is 2. The number of guanidine groups is 1. The van der Waals surface area contributed by atoms with Crippen LogP contribution in [0.15, 0.2) is 47.5 Å². The number of hydrogen-bond donors (Lipinski definition) is 3. The predicted molar refractivity (Wildman–Crippen MR) is 165 cm³/mol. The van der Waals surface area contributed by atoms with Crippen molar-refractivity contribution in [2.45, 2.75) is 116 Å². The minimum Gasteiger partial charge on any atom is -0.487 e. The zero-order valence-electron chi connectivity index (χ0n) is 25.8. The molecule has 0 saturated heterocycles. The smallest absolute Gasteiger partial charge is 0.273 e. The SMILES string of the molecule is CC.CC1(C)CC(NC(=O)CCC2Cc3ccccc3C(F)(F)C2)c2cc(CCCCC3CC(=O)NC(N)=N3)ccc2O1. The summed E-state index contributed by atoms with van der Waals surface area (Å²) in [5.74, 6) is -2.35. The van der Waals surface area contributed by atoms with Gasteiger partial charge >= 0.3 is 0 Å². The summed E-state index contributed by atoms with van der Waals surface area (Å²) < 4.78 is 35.7. The number of halogens is 2. The van der Waals surface area contributed by atoms with Crippen LogP contribution in [0.5, 0.6) is 5.75 Å². The van der Waals surface area contributed by atoms with Gasteiger partial charge in [-0.3, -0.25) is 14.9 Å². The molecule has 2 aliphatic heterocycles. The summed E-state index contributed by atoms with van der Waals surface area (Å²) in [6.45, 7) is 8.01. The summed E-state index contributed by atoms with van der Waals surface area (Å²) in [4.78, 5) is 29.1. The molecule has 0 aromatic heterocycles. The number of alkyl halides is 2. The Labute approximate surface area is 254 Å². The van der Waals surface area contributed by atoms with Crippen molar-refractivity contribution >= 4 is 17.8 Å². The largest absolute Gasteiger partial charge is 0.487 e. The fourth-order valence-electron chi connectivity index (χ4n) is 6.46. The van der Waals surface area contributed by atoms with Crippen LogP contribution in [0, 0.1) is 5.92 Å². The van der Waals surface area contributed by atoms with Crippen molar-refractivity contribution in [2.75, 3.05) is 0 Å². The summed E-state index contributed by atoms with van der Waals surface area (Å²) in [5, 5.41) is 5.71. The zero-order chi connectivity index (χ0) is 31.2. The van der Waals surface area contributed by atoms with Crippen molar-refractivity contribution in [1.82, 2.24) is 10.6 Å². The van der Waals surface area contributed by atoms with Gasteiger partial charge in [-0.2, -0.15) is 0 Å². The second-order valence-electron chi connectivity index (χ2n) is 12.4. The van der Waals surface area contributed by atoms with E-state index in [-0.39, 0.29) is 54.2 Å². The molecule has 234 valence electrons. The Hall–Kier alpha value is -3.49. The number of unbranched alkanes of at least 4 members (excludes halogenated alkanes) is 1. The van der Waals surface area contributed by atoms with E-state index in [9.17, 15) is 18.4 Å². The lowest BCUT2D eigenvalue weighted by Gasteiger charge is -2.38. The highest BCUT2D eigenvalue weighted by Crippen LogP contribution is 2.44. The van der Waals surface area contributed by atoms with Gasteiger partial charge in [-0.1, -0.05) is 56.7 Å². The van der Waals surface area contributed by atoms with Crippen molar-refractivity contribution in [2.24, 2.45) is 16.6 Å². The van der Waals surface area contributed by atoms with Gasteiger partial charge < -0.3 is 15.8 Å². The van der Waals surface area contributed by atoms with Crippen molar-refractivity contribution in [3.8, 4) is 5.75 Å².